The van der Waals surface area contributed by atoms with Gasteiger partial charge >= 0.3 is 7.82 Å². The number of nitrogens with one attached hydrogen (secondary N) is 1. The highest BCUT2D eigenvalue weighted by Crippen LogP contribution is 2.43. The van der Waals surface area contributed by atoms with Crippen LogP contribution >= 0.6 is 7.82 Å². The Labute approximate surface area is 492 Å². The van der Waals surface area contributed by atoms with Crippen molar-refractivity contribution in [1.82, 2.24) is 5.32 Å². The lowest BCUT2D eigenvalue weighted by molar-refractivity contribution is -0.870. The lowest BCUT2D eigenvalue weighted by atomic mass is 10.0. The predicted octanol–water partition coefficient (Wildman–Crippen LogP) is 21.8. The number of rotatable bonds is 64. The minimum atomic E-state index is -4.36. The molecule has 0 aromatic rings. The monoisotopic (exact) mass is 1130 g/mol. The molecule has 0 fully saturated rings. The number of phosphoric acid groups is 1. The van der Waals surface area contributed by atoms with Crippen molar-refractivity contribution in [2.24, 2.45) is 0 Å². The maximum absolute atomic E-state index is 13.0. The van der Waals surface area contributed by atoms with E-state index in [0.29, 0.717) is 17.4 Å². The summed E-state index contributed by atoms with van der Waals surface area (Å²) < 4.78 is 23.8. The Balaban J connectivity index is 3.93. The van der Waals surface area contributed by atoms with Gasteiger partial charge in [0.2, 0.25) is 5.91 Å². The normalized spacial score (nSPS) is 14.0. The van der Waals surface area contributed by atoms with Gasteiger partial charge in [0, 0.05) is 6.42 Å². The van der Waals surface area contributed by atoms with Gasteiger partial charge in [0.25, 0.3) is 0 Å². The van der Waals surface area contributed by atoms with Gasteiger partial charge in [0.1, 0.15) is 13.2 Å². The third-order valence-corrected chi connectivity index (χ3v) is 16.8. The minimum Gasteiger partial charge on any atom is -0.387 e. The van der Waals surface area contributed by atoms with Crippen LogP contribution in [0.15, 0.2) is 48.6 Å². The fourth-order valence-electron chi connectivity index (χ4n) is 10.4. The number of carbonyl (C=O) groups excluding carboxylic acids is 1. The molecule has 0 aliphatic carbocycles. The third-order valence-electron chi connectivity index (χ3n) is 15.8. The summed E-state index contributed by atoms with van der Waals surface area (Å²) in [4.78, 5) is 23.4. The third kappa shape index (κ3) is 63.9. The van der Waals surface area contributed by atoms with E-state index in [-0.39, 0.29) is 19.1 Å². The van der Waals surface area contributed by atoms with Crippen LogP contribution in [0, 0.1) is 0 Å². The van der Waals surface area contributed by atoms with E-state index in [0.717, 1.165) is 44.9 Å². The molecule has 0 saturated heterocycles. The van der Waals surface area contributed by atoms with Crippen LogP contribution in [-0.2, 0) is 18.4 Å². The van der Waals surface area contributed by atoms with E-state index in [2.05, 4.69) is 55.6 Å². The minimum absolute atomic E-state index is 0.0576. The van der Waals surface area contributed by atoms with Gasteiger partial charge < -0.3 is 19.8 Å². The van der Waals surface area contributed by atoms with Crippen LogP contribution in [0.4, 0.5) is 0 Å². The van der Waals surface area contributed by atoms with Crippen molar-refractivity contribution in [2.45, 2.75) is 353 Å². The van der Waals surface area contributed by atoms with E-state index in [4.69, 9.17) is 9.05 Å². The largest absolute Gasteiger partial charge is 0.472 e. The van der Waals surface area contributed by atoms with Crippen LogP contribution in [0.5, 0.6) is 0 Å². The van der Waals surface area contributed by atoms with E-state index >= 15 is 0 Å². The van der Waals surface area contributed by atoms with Crippen molar-refractivity contribution in [3.05, 3.63) is 48.6 Å². The zero-order valence-electron chi connectivity index (χ0n) is 53.4. The van der Waals surface area contributed by atoms with Crippen molar-refractivity contribution in [3.63, 3.8) is 0 Å². The number of unbranched alkanes of at least 4 members (excludes halogenated alkanes) is 45. The first kappa shape index (κ1) is 77.5. The number of amides is 1. The van der Waals surface area contributed by atoms with Gasteiger partial charge in [-0.2, -0.15) is 0 Å². The van der Waals surface area contributed by atoms with Crippen molar-refractivity contribution in [1.29, 1.82) is 0 Å². The SMILES string of the molecule is CCCCCCC/C=C\C/C=C\CCCCCCCCCCCCCCCCCCCCCCCCCCCCCC(=O)NC(COP(=O)(O)OCC[N+](C)(C)C)C(O)/C=C/CC/C=C/CCCCCCCCCCCCCC. The Hall–Kier alpha value is -1.54. The second kappa shape index (κ2) is 61.0. The molecule has 1 amide bonds. The number of aliphatic hydroxyl groups excluding tert-OH is 1. The quantitative estimate of drug-likeness (QED) is 0.0243. The average Bonchev–Trinajstić information content (AvgIpc) is 3.42. The van der Waals surface area contributed by atoms with Gasteiger partial charge in [-0.3, -0.25) is 13.8 Å². The number of carbonyl (C=O) groups is 1. The smallest absolute Gasteiger partial charge is 0.387 e. The zero-order valence-corrected chi connectivity index (χ0v) is 54.3. The fraction of sp³-hybridized carbons (Fsp3) is 0.871. The molecule has 0 aliphatic rings. The molecule has 0 aromatic carbocycles. The number of quaternary nitrogens is 1. The molecule has 466 valence electrons. The molecule has 0 aliphatic heterocycles. The maximum Gasteiger partial charge on any atom is 0.472 e. The molecule has 3 unspecified atom stereocenters. The van der Waals surface area contributed by atoms with Crippen LogP contribution in [0.2, 0.25) is 0 Å². The number of likely N-dealkylation sites (N-methyl/N-ethyl adjacent to an activating group) is 1. The molecule has 0 spiro atoms. The van der Waals surface area contributed by atoms with E-state index in [1.54, 1.807) is 6.08 Å². The molecule has 0 heterocycles. The number of hydrogen-bond donors (Lipinski definition) is 3. The van der Waals surface area contributed by atoms with Crippen LogP contribution in [0.25, 0.3) is 0 Å². The number of aliphatic hydroxyl groups is 1. The van der Waals surface area contributed by atoms with E-state index < -0.39 is 20.0 Å². The Bertz CT molecular complexity index is 1430. The molecule has 0 radical (unpaired) electrons. The standard InChI is InChI=1S/C70H135N2O6P/c1-6-8-10-12-14-16-18-20-22-24-26-27-28-29-30-31-32-33-34-35-36-37-38-39-40-41-42-43-44-45-46-48-50-52-54-56-58-60-62-64-70(74)71-68(67-78-79(75,76)77-66-65-72(3,4)5)69(73)63-61-59-57-55-53-51-49-47-25-23-21-19-17-15-13-11-9-7-2/h18,20,24,26,53,55,61,63,68-69,73H,6-17,19,21-23,25,27-52,54,56-60,62,64-67H2,1-5H3,(H-,71,74,75,76)/p+1/b20-18-,26-24-,55-53+,63-61+. The molecule has 0 saturated carbocycles. The maximum atomic E-state index is 13.0. The Morgan fingerprint density at radius 1 is 0.430 bits per heavy atom. The molecule has 3 N–H and O–H groups in total. The van der Waals surface area contributed by atoms with E-state index in [9.17, 15) is 19.4 Å². The molecule has 9 heteroatoms. The Kier molecular flexibility index (Phi) is 59.8. The number of allylic oxidation sites excluding steroid dienone is 7. The highest BCUT2D eigenvalue weighted by Gasteiger charge is 2.28. The first-order valence-electron chi connectivity index (χ1n) is 34.5. The van der Waals surface area contributed by atoms with Crippen molar-refractivity contribution >= 4 is 13.7 Å². The summed E-state index contributed by atoms with van der Waals surface area (Å²) in [6.45, 7) is 4.82. The van der Waals surface area contributed by atoms with Crippen LogP contribution < -0.4 is 5.32 Å². The summed E-state index contributed by atoms with van der Waals surface area (Å²) >= 11 is 0. The lowest BCUT2D eigenvalue weighted by Crippen LogP contribution is -2.45. The van der Waals surface area contributed by atoms with Crippen LogP contribution in [-0.4, -0.2) is 73.4 Å². The average molecular weight is 1130 g/mol. The summed E-state index contributed by atoms with van der Waals surface area (Å²) in [6.07, 6.45) is 82.7. The molecular formula is C70H136N2O6P+. The first-order chi connectivity index (χ1) is 38.5. The fourth-order valence-corrected chi connectivity index (χ4v) is 11.1. The molecule has 3 atom stereocenters. The highest BCUT2D eigenvalue weighted by molar-refractivity contribution is 7.47. The molecule has 79 heavy (non-hydrogen) atoms. The van der Waals surface area contributed by atoms with E-state index in [1.807, 2.05) is 27.2 Å². The Morgan fingerprint density at radius 2 is 0.734 bits per heavy atom. The van der Waals surface area contributed by atoms with Gasteiger partial charge in [-0.05, 0) is 64.2 Å². The van der Waals surface area contributed by atoms with Crippen molar-refractivity contribution in [2.75, 3.05) is 40.9 Å². The van der Waals surface area contributed by atoms with Crippen molar-refractivity contribution < 1.29 is 32.9 Å². The van der Waals surface area contributed by atoms with Gasteiger partial charge in [-0.15, -0.1) is 0 Å². The van der Waals surface area contributed by atoms with Crippen LogP contribution in [0.1, 0.15) is 341 Å². The summed E-state index contributed by atoms with van der Waals surface area (Å²) in [5.74, 6) is -0.180. The summed E-state index contributed by atoms with van der Waals surface area (Å²) in [7, 11) is 1.57. The molecule has 0 rings (SSSR count). The summed E-state index contributed by atoms with van der Waals surface area (Å²) in [5.41, 5.74) is 0. The molecule has 0 bridgehead atoms. The van der Waals surface area contributed by atoms with Gasteiger partial charge in [0.15, 0.2) is 0 Å². The Morgan fingerprint density at radius 3 is 1.09 bits per heavy atom. The first-order valence-corrected chi connectivity index (χ1v) is 36.0. The second-order valence-corrected chi connectivity index (χ2v) is 26.4. The zero-order chi connectivity index (χ0) is 57.7. The van der Waals surface area contributed by atoms with Crippen LogP contribution in [0.3, 0.4) is 0 Å². The molecule has 8 nitrogen and oxygen atoms in total. The lowest BCUT2D eigenvalue weighted by Gasteiger charge is -2.25. The van der Waals surface area contributed by atoms with E-state index in [1.165, 1.54) is 276 Å². The molecular weight excluding hydrogens is 996 g/mol. The number of nitrogens with zero attached hydrogens (tertiary/aromatic N) is 1. The van der Waals surface area contributed by atoms with Crippen molar-refractivity contribution in [3.8, 4) is 0 Å². The van der Waals surface area contributed by atoms with Gasteiger partial charge in [-0.25, -0.2) is 4.57 Å². The summed E-state index contributed by atoms with van der Waals surface area (Å²) in [6, 6.07) is -0.863. The summed E-state index contributed by atoms with van der Waals surface area (Å²) in [5, 5.41) is 14.0. The number of phosphoric ester groups is 1. The second-order valence-electron chi connectivity index (χ2n) is 24.9. The van der Waals surface area contributed by atoms with Gasteiger partial charge in [-0.1, -0.05) is 319 Å². The highest BCUT2D eigenvalue weighted by atomic mass is 31.2. The topological polar surface area (TPSA) is 105 Å². The van der Waals surface area contributed by atoms with Gasteiger partial charge in [0.05, 0.1) is 39.9 Å². The molecule has 0 aromatic heterocycles. The number of hydrogen-bond acceptors (Lipinski definition) is 5. The predicted molar refractivity (Wildman–Crippen MR) is 346 cm³/mol.